The molecular weight excluding hydrogens is 362 g/mol. The SMILES string of the molecule is O=C(NCc1cccs1)NC1CCN(c2nccc(C3CCOCC3)n2)C1. The largest absolute Gasteiger partial charge is 0.381 e. The van der Waals surface area contributed by atoms with Crippen molar-refractivity contribution in [3.63, 3.8) is 0 Å². The zero-order valence-electron chi connectivity index (χ0n) is 15.3. The fraction of sp³-hybridized carbons (Fsp3) is 0.526. The summed E-state index contributed by atoms with van der Waals surface area (Å²) in [4.78, 5) is 24.7. The van der Waals surface area contributed by atoms with E-state index in [0.717, 1.165) is 62.1 Å². The number of anilines is 1. The Kier molecular flexibility index (Phi) is 5.84. The molecule has 0 bridgehead atoms. The zero-order chi connectivity index (χ0) is 18.5. The molecule has 2 fully saturated rings. The van der Waals surface area contributed by atoms with E-state index in [1.165, 1.54) is 0 Å². The van der Waals surface area contributed by atoms with E-state index in [0.29, 0.717) is 12.5 Å². The molecule has 7 nitrogen and oxygen atoms in total. The number of carbonyl (C=O) groups excluding carboxylic acids is 1. The van der Waals surface area contributed by atoms with Gasteiger partial charge in [-0.15, -0.1) is 11.3 Å². The summed E-state index contributed by atoms with van der Waals surface area (Å²) in [7, 11) is 0. The van der Waals surface area contributed by atoms with Crippen molar-refractivity contribution < 1.29 is 9.53 Å². The molecule has 2 amide bonds. The molecule has 8 heteroatoms. The Labute approximate surface area is 163 Å². The molecule has 4 rings (SSSR count). The summed E-state index contributed by atoms with van der Waals surface area (Å²) in [5.74, 6) is 1.22. The van der Waals surface area contributed by atoms with Crippen molar-refractivity contribution in [2.75, 3.05) is 31.2 Å². The van der Waals surface area contributed by atoms with Crippen molar-refractivity contribution in [2.45, 2.75) is 37.8 Å². The van der Waals surface area contributed by atoms with Gasteiger partial charge in [0.05, 0.1) is 6.54 Å². The highest BCUT2D eigenvalue weighted by atomic mass is 32.1. The molecule has 4 heterocycles. The first-order chi connectivity index (χ1) is 13.3. The highest BCUT2D eigenvalue weighted by molar-refractivity contribution is 7.09. The van der Waals surface area contributed by atoms with E-state index in [1.807, 2.05) is 29.8 Å². The number of ether oxygens (including phenoxy) is 1. The van der Waals surface area contributed by atoms with Crippen molar-refractivity contribution in [1.29, 1.82) is 0 Å². The Morgan fingerprint density at radius 2 is 2.19 bits per heavy atom. The summed E-state index contributed by atoms with van der Waals surface area (Å²) >= 11 is 1.64. The maximum absolute atomic E-state index is 12.1. The van der Waals surface area contributed by atoms with Crippen LogP contribution in [0.15, 0.2) is 29.8 Å². The molecule has 2 aliphatic rings. The van der Waals surface area contributed by atoms with Gasteiger partial charge in [0.25, 0.3) is 0 Å². The van der Waals surface area contributed by atoms with Crippen molar-refractivity contribution in [3.8, 4) is 0 Å². The van der Waals surface area contributed by atoms with E-state index >= 15 is 0 Å². The summed E-state index contributed by atoms with van der Waals surface area (Å²) in [5, 5.41) is 7.99. The number of rotatable bonds is 5. The third-order valence-corrected chi connectivity index (χ3v) is 5.99. The fourth-order valence-corrected chi connectivity index (χ4v) is 4.26. The lowest BCUT2D eigenvalue weighted by Gasteiger charge is -2.23. The van der Waals surface area contributed by atoms with E-state index in [1.54, 1.807) is 11.3 Å². The molecule has 0 aromatic carbocycles. The van der Waals surface area contributed by atoms with Crippen LogP contribution in [0.3, 0.4) is 0 Å². The molecule has 27 heavy (non-hydrogen) atoms. The van der Waals surface area contributed by atoms with Crippen molar-refractivity contribution in [3.05, 3.63) is 40.3 Å². The van der Waals surface area contributed by atoms with Gasteiger partial charge in [-0.3, -0.25) is 0 Å². The van der Waals surface area contributed by atoms with Gasteiger partial charge in [-0.2, -0.15) is 0 Å². The Hall–Kier alpha value is -2.19. The van der Waals surface area contributed by atoms with Crippen LogP contribution in [0.25, 0.3) is 0 Å². The van der Waals surface area contributed by atoms with Gasteiger partial charge in [-0.25, -0.2) is 14.8 Å². The molecule has 0 aliphatic carbocycles. The zero-order valence-corrected chi connectivity index (χ0v) is 16.1. The van der Waals surface area contributed by atoms with Crippen LogP contribution in [0, 0.1) is 0 Å². The van der Waals surface area contributed by atoms with Crippen molar-refractivity contribution in [2.24, 2.45) is 0 Å². The molecule has 2 N–H and O–H groups in total. The number of hydrogen-bond acceptors (Lipinski definition) is 6. The second-order valence-electron chi connectivity index (χ2n) is 7.01. The Balaban J connectivity index is 1.29. The molecule has 2 aromatic heterocycles. The van der Waals surface area contributed by atoms with Crippen LogP contribution in [-0.2, 0) is 11.3 Å². The highest BCUT2D eigenvalue weighted by Crippen LogP contribution is 2.26. The number of thiophene rings is 1. The predicted molar refractivity (Wildman–Crippen MR) is 105 cm³/mol. The normalized spacial score (nSPS) is 20.6. The van der Waals surface area contributed by atoms with E-state index in [-0.39, 0.29) is 12.1 Å². The maximum Gasteiger partial charge on any atom is 0.315 e. The minimum absolute atomic E-state index is 0.115. The lowest BCUT2D eigenvalue weighted by Crippen LogP contribution is -2.43. The summed E-state index contributed by atoms with van der Waals surface area (Å²) in [6.07, 6.45) is 4.79. The summed E-state index contributed by atoms with van der Waals surface area (Å²) in [5.41, 5.74) is 1.11. The molecule has 1 unspecified atom stereocenters. The number of nitrogens with zero attached hydrogens (tertiary/aromatic N) is 3. The van der Waals surface area contributed by atoms with Gasteiger partial charge in [-0.1, -0.05) is 6.07 Å². The van der Waals surface area contributed by atoms with Gasteiger partial charge in [-0.05, 0) is 36.8 Å². The summed E-state index contributed by atoms with van der Waals surface area (Å²) in [6, 6.07) is 6.02. The molecule has 2 saturated heterocycles. The van der Waals surface area contributed by atoms with Crippen LogP contribution in [0.4, 0.5) is 10.7 Å². The Morgan fingerprint density at radius 3 is 3.00 bits per heavy atom. The topological polar surface area (TPSA) is 79.4 Å². The van der Waals surface area contributed by atoms with Gasteiger partial charge >= 0.3 is 6.03 Å². The third kappa shape index (κ3) is 4.75. The molecule has 0 saturated carbocycles. The molecule has 1 atom stereocenters. The number of hydrogen-bond donors (Lipinski definition) is 2. The number of amides is 2. The minimum Gasteiger partial charge on any atom is -0.381 e. The lowest BCUT2D eigenvalue weighted by atomic mass is 9.96. The minimum atomic E-state index is -0.118. The number of aromatic nitrogens is 2. The number of nitrogens with one attached hydrogen (secondary N) is 2. The fourth-order valence-electron chi connectivity index (χ4n) is 3.61. The van der Waals surface area contributed by atoms with Crippen LogP contribution in [0.5, 0.6) is 0 Å². The van der Waals surface area contributed by atoms with Crippen LogP contribution in [0.1, 0.15) is 35.8 Å². The van der Waals surface area contributed by atoms with E-state index in [9.17, 15) is 4.79 Å². The van der Waals surface area contributed by atoms with E-state index in [4.69, 9.17) is 9.72 Å². The van der Waals surface area contributed by atoms with Crippen molar-refractivity contribution >= 4 is 23.3 Å². The van der Waals surface area contributed by atoms with Gasteiger partial charge in [0.2, 0.25) is 5.95 Å². The molecule has 2 aromatic rings. The third-order valence-electron chi connectivity index (χ3n) is 5.11. The van der Waals surface area contributed by atoms with Gasteiger partial charge < -0.3 is 20.3 Å². The number of urea groups is 1. The molecule has 0 spiro atoms. The van der Waals surface area contributed by atoms with Gasteiger partial charge in [0, 0.05) is 55.0 Å². The highest BCUT2D eigenvalue weighted by Gasteiger charge is 2.26. The molecule has 144 valence electrons. The van der Waals surface area contributed by atoms with Crippen LogP contribution < -0.4 is 15.5 Å². The standard InChI is InChI=1S/C19H25N5O2S/c25-19(21-12-16-2-1-11-27-16)22-15-4-8-24(13-15)18-20-7-3-17(23-18)14-5-9-26-10-6-14/h1-3,7,11,14-15H,4-6,8-10,12-13H2,(H2,21,22,25). The molecular formula is C19H25N5O2S. The second kappa shape index (κ2) is 8.67. The average Bonchev–Trinajstić information content (AvgIpc) is 3.39. The first-order valence-electron chi connectivity index (χ1n) is 9.50. The summed E-state index contributed by atoms with van der Waals surface area (Å²) in [6.45, 7) is 3.77. The average molecular weight is 388 g/mol. The molecule has 2 aliphatic heterocycles. The Bertz CT molecular complexity index is 748. The predicted octanol–water partition coefficient (Wildman–Crippen LogP) is 2.51. The van der Waals surface area contributed by atoms with Crippen LogP contribution in [0.2, 0.25) is 0 Å². The van der Waals surface area contributed by atoms with Gasteiger partial charge in [0.1, 0.15) is 0 Å². The van der Waals surface area contributed by atoms with Crippen LogP contribution >= 0.6 is 11.3 Å². The van der Waals surface area contributed by atoms with Gasteiger partial charge in [0.15, 0.2) is 0 Å². The lowest BCUT2D eigenvalue weighted by molar-refractivity contribution is 0.0845. The first-order valence-corrected chi connectivity index (χ1v) is 10.4. The maximum atomic E-state index is 12.1. The monoisotopic (exact) mass is 387 g/mol. The number of carbonyl (C=O) groups is 1. The second-order valence-corrected chi connectivity index (χ2v) is 8.04. The smallest absolute Gasteiger partial charge is 0.315 e. The quantitative estimate of drug-likeness (QED) is 0.824. The first kappa shape index (κ1) is 18.2. The van der Waals surface area contributed by atoms with E-state index in [2.05, 4.69) is 20.5 Å². The van der Waals surface area contributed by atoms with E-state index < -0.39 is 0 Å². The van der Waals surface area contributed by atoms with Crippen LogP contribution in [-0.4, -0.2) is 48.3 Å². The van der Waals surface area contributed by atoms with Crippen molar-refractivity contribution in [1.82, 2.24) is 20.6 Å². The summed E-state index contributed by atoms with van der Waals surface area (Å²) < 4.78 is 5.45. The Morgan fingerprint density at radius 1 is 1.30 bits per heavy atom. The molecule has 0 radical (unpaired) electrons.